The van der Waals surface area contributed by atoms with Gasteiger partial charge in [0.25, 0.3) is 0 Å². The van der Waals surface area contributed by atoms with E-state index in [1.807, 2.05) is 38.1 Å². The van der Waals surface area contributed by atoms with E-state index in [1.54, 1.807) is 0 Å². The Morgan fingerprint density at radius 1 is 1.21 bits per heavy atom. The zero-order valence-electron chi connectivity index (χ0n) is 11.3. The van der Waals surface area contributed by atoms with Crippen LogP contribution in [-0.4, -0.2) is 6.04 Å². The average Bonchev–Trinajstić information content (AvgIpc) is 2.74. The standard InChI is InChI=1S/C15H18ClNOS/c1-9-4-5-12(10(2)8-9)18-15(11(3)17)13-6-7-14(16)19-13/h4-8,11,15H,17H2,1-3H3. The van der Waals surface area contributed by atoms with Gasteiger partial charge in [-0.2, -0.15) is 0 Å². The lowest BCUT2D eigenvalue weighted by molar-refractivity contribution is 0.183. The van der Waals surface area contributed by atoms with Crippen LogP contribution < -0.4 is 10.5 Å². The van der Waals surface area contributed by atoms with Gasteiger partial charge in [0.15, 0.2) is 0 Å². The minimum absolute atomic E-state index is 0.101. The summed E-state index contributed by atoms with van der Waals surface area (Å²) in [6.45, 7) is 6.06. The first-order valence-electron chi connectivity index (χ1n) is 6.22. The largest absolute Gasteiger partial charge is 0.483 e. The molecule has 2 N–H and O–H groups in total. The van der Waals surface area contributed by atoms with Crippen LogP contribution in [0.5, 0.6) is 5.75 Å². The quantitative estimate of drug-likeness (QED) is 0.902. The molecule has 2 rings (SSSR count). The van der Waals surface area contributed by atoms with Crippen molar-refractivity contribution in [2.75, 3.05) is 0 Å². The Morgan fingerprint density at radius 3 is 2.47 bits per heavy atom. The number of benzene rings is 1. The molecular weight excluding hydrogens is 278 g/mol. The molecule has 2 unspecified atom stereocenters. The van der Waals surface area contributed by atoms with Crippen LogP contribution in [0.3, 0.4) is 0 Å². The average molecular weight is 296 g/mol. The van der Waals surface area contributed by atoms with E-state index in [0.717, 1.165) is 20.5 Å². The van der Waals surface area contributed by atoms with E-state index in [-0.39, 0.29) is 12.1 Å². The van der Waals surface area contributed by atoms with Crippen LogP contribution in [0.1, 0.15) is 29.0 Å². The molecule has 4 heteroatoms. The maximum absolute atomic E-state index is 6.09. The van der Waals surface area contributed by atoms with E-state index < -0.39 is 0 Å². The summed E-state index contributed by atoms with van der Waals surface area (Å²) in [6, 6.07) is 9.90. The maximum atomic E-state index is 6.09. The van der Waals surface area contributed by atoms with Crippen LogP contribution in [0.4, 0.5) is 0 Å². The Kier molecular flexibility index (Phi) is 4.50. The van der Waals surface area contributed by atoms with Crippen molar-refractivity contribution in [2.24, 2.45) is 5.73 Å². The summed E-state index contributed by atoms with van der Waals surface area (Å²) in [7, 11) is 0. The normalized spacial score (nSPS) is 14.2. The van der Waals surface area contributed by atoms with Crippen molar-refractivity contribution in [1.29, 1.82) is 0 Å². The highest BCUT2D eigenvalue weighted by molar-refractivity contribution is 7.16. The second kappa shape index (κ2) is 5.95. The third-order valence-electron chi connectivity index (χ3n) is 2.94. The van der Waals surface area contributed by atoms with Gasteiger partial charge in [0.05, 0.1) is 4.34 Å². The fourth-order valence-corrected chi connectivity index (χ4v) is 3.18. The summed E-state index contributed by atoms with van der Waals surface area (Å²) in [5.41, 5.74) is 8.39. The monoisotopic (exact) mass is 295 g/mol. The summed E-state index contributed by atoms with van der Waals surface area (Å²) in [5.74, 6) is 0.873. The molecule has 0 amide bonds. The number of aryl methyl sites for hydroxylation is 2. The molecule has 1 aromatic heterocycles. The lowest BCUT2D eigenvalue weighted by atomic mass is 10.1. The number of hydrogen-bond donors (Lipinski definition) is 1. The zero-order chi connectivity index (χ0) is 14.0. The highest BCUT2D eigenvalue weighted by Crippen LogP contribution is 2.33. The van der Waals surface area contributed by atoms with Crippen molar-refractivity contribution >= 4 is 22.9 Å². The molecule has 102 valence electrons. The lowest BCUT2D eigenvalue weighted by Gasteiger charge is -2.22. The maximum Gasteiger partial charge on any atom is 0.148 e. The van der Waals surface area contributed by atoms with E-state index in [4.69, 9.17) is 22.1 Å². The molecule has 0 saturated heterocycles. The first kappa shape index (κ1) is 14.4. The van der Waals surface area contributed by atoms with Crippen molar-refractivity contribution in [3.63, 3.8) is 0 Å². The Labute approximate surface area is 123 Å². The predicted molar refractivity (Wildman–Crippen MR) is 82.3 cm³/mol. The van der Waals surface area contributed by atoms with E-state index in [2.05, 4.69) is 13.0 Å². The van der Waals surface area contributed by atoms with Crippen LogP contribution in [0.25, 0.3) is 0 Å². The molecule has 19 heavy (non-hydrogen) atoms. The number of ether oxygens (including phenoxy) is 1. The Bertz CT molecular complexity index is 565. The van der Waals surface area contributed by atoms with Crippen molar-refractivity contribution in [3.8, 4) is 5.75 Å². The number of thiophene rings is 1. The predicted octanol–water partition coefficient (Wildman–Crippen LogP) is 4.49. The van der Waals surface area contributed by atoms with Crippen LogP contribution >= 0.6 is 22.9 Å². The second-order valence-electron chi connectivity index (χ2n) is 4.81. The summed E-state index contributed by atoms with van der Waals surface area (Å²) < 4.78 is 6.84. The molecule has 0 fully saturated rings. The van der Waals surface area contributed by atoms with Gasteiger partial charge in [-0.15, -0.1) is 11.3 Å². The van der Waals surface area contributed by atoms with E-state index in [1.165, 1.54) is 16.9 Å². The highest BCUT2D eigenvalue weighted by atomic mass is 35.5. The first-order chi connectivity index (χ1) is 8.97. The van der Waals surface area contributed by atoms with Gasteiger partial charge in [-0.05, 0) is 44.5 Å². The SMILES string of the molecule is Cc1ccc(OC(c2ccc(Cl)s2)C(C)N)c(C)c1. The van der Waals surface area contributed by atoms with Gasteiger partial charge >= 0.3 is 0 Å². The lowest BCUT2D eigenvalue weighted by Crippen LogP contribution is -2.28. The van der Waals surface area contributed by atoms with Gasteiger partial charge in [0.2, 0.25) is 0 Å². The topological polar surface area (TPSA) is 35.2 Å². The molecule has 2 aromatic rings. The smallest absolute Gasteiger partial charge is 0.148 e. The van der Waals surface area contributed by atoms with Crippen molar-refractivity contribution < 1.29 is 4.74 Å². The third-order valence-corrected chi connectivity index (χ3v) is 4.23. The molecule has 0 aliphatic heterocycles. The molecule has 0 aliphatic carbocycles. The van der Waals surface area contributed by atoms with Crippen molar-refractivity contribution in [3.05, 3.63) is 50.7 Å². The highest BCUT2D eigenvalue weighted by Gasteiger charge is 2.21. The van der Waals surface area contributed by atoms with Gasteiger partial charge in [-0.3, -0.25) is 0 Å². The molecule has 1 aromatic carbocycles. The van der Waals surface area contributed by atoms with Crippen LogP contribution in [-0.2, 0) is 0 Å². The molecule has 2 atom stereocenters. The minimum atomic E-state index is -0.168. The van der Waals surface area contributed by atoms with E-state index >= 15 is 0 Å². The molecular formula is C15H18ClNOS. The Balaban J connectivity index is 2.26. The molecule has 2 nitrogen and oxygen atoms in total. The van der Waals surface area contributed by atoms with Crippen molar-refractivity contribution in [2.45, 2.75) is 32.9 Å². The van der Waals surface area contributed by atoms with Crippen LogP contribution in [0.2, 0.25) is 4.34 Å². The number of halogens is 1. The summed E-state index contributed by atoms with van der Waals surface area (Å²) >= 11 is 7.50. The first-order valence-corrected chi connectivity index (χ1v) is 7.41. The van der Waals surface area contributed by atoms with Crippen LogP contribution in [0, 0.1) is 13.8 Å². The van der Waals surface area contributed by atoms with E-state index in [0.29, 0.717) is 0 Å². The molecule has 1 heterocycles. The van der Waals surface area contributed by atoms with Gasteiger partial charge in [-0.25, -0.2) is 0 Å². The van der Waals surface area contributed by atoms with Crippen molar-refractivity contribution in [1.82, 2.24) is 0 Å². The fourth-order valence-electron chi connectivity index (χ4n) is 1.97. The number of rotatable bonds is 4. The third kappa shape index (κ3) is 3.50. The molecule has 0 spiro atoms. The minimum Gasteiger partial charge on any atom is -0.483 e. The zero-order valence-corrected chi connectivity index (χ0v) is 12.9. The molecule has 0 saturated carbocycles. The number of hydrogen-bond acceptors (Lipinski definition) is 3. The Hall–Kier alpha value is -1.03. The summed E-state index contributed by atoms with van der Waals surface area (Å²) in [6.07, 6.45) is -0.168. The fraction of sp³-hybridized carbons (Fsp3) is 0.333. The number of nitrogens with two attached hydrogens (primary N) is 1. The van der Waals surface area contributed by atoms with Gasteiger partial charge in [0, 0.05) is 10.9 Å². The van der Waals surface area contributed by atoms with Gasteiger partial charge in [0.1, 0.15) is 11.9 Å². The molecule has 0 aliphatic rings. The summed E-state index contributed by atoms with van der Waals surface area (Å²) in [5, 5.41) is 0. The van der Waals surface area contributed by atoms with Gasteiger partial charge < -0.3 is 10.5 Å². The van der Waals surface area contributed by atoms with Crippen LogP contribution in [0.15, 0.2) is 30.3 Å². The van der Waals surface area contributed by atoms with E-state index in [9.17, 15) is 0 Å². The summed E-state index contributed by atoms with van der Waals surface area (Å²) in [4.78, 5) is 1.06. The Morgan fingerprint density at radius 2 is 1.95 bits per heavy atom. The van der Waals surface area contributed by atoms with Gasteiger partial charge in [-0.1, -0.05) is 29.3 Å². The molecule has 0 radical (unpaired) electrons. The molecule has 0 bridgehead atoms. The second-order valence-corrected chi connectivity index (χ2v) is 6.56.